The van der Waals surface area contributed by atoms with E-state index in [1.165, 1.54) is 24.3 Å². The van der Waals surface area contributed by atoms with E-state index in [4.69, 9.17) is 0 Å². The maximum atomic E-state index is 12.8. The van der Waals surface area contributed by atoms with Crippen LogP contribution in [0.25, 0.3) is 0 Å². The van der Waals surface area contributed by atoms with Crippen LogP contribution in [-0.4, -0.2) is 43.4 Å². The van der Waals surface area contributed by atoms with Crippen LogP contribution in [0.15, 0.2) is 29.3 Å². The summed E-state index contributed by atoms with van der Waals surface area (Å²) in [6.45, 7) is 4.31. The topological polar surface area (TPSA) is 56.7 Å². The van der Waals surface area contributed by atoms with Crippen molar-refractivity contribution in [3.63, 3.8) is 0 Å². The molecule has 0 unspecified atom stereocenters. The molecule has 1 aromatic rings. The lowest BCUT2D eigenvalue weighted by atomic mass is 10.00. The highest BCUT2D eigenvalue weighted by Crippen LogP contribution is 2.15. The van der Waals surface area contributed by atoms with Gasteiger partial charge in [0.25, 0.3) is 0 Å². The standard InChI is InChI=1S/C16H23FN4O/c1-12-7-9-21(10-8-12)16(18-2)19-11-15(22)20-14-5-3-13(17)4-6-14/h3-6,12H,7-11H2,1-2H3,(H,18,19)(H,20,22). The van der Waals surface area contributed by atoms with E-state index in [2.05, 4.69) is 27.4 Å². The van der Waals surface area contributed by atoms with Gasteiger partial charge in [-0.3, -0.25) is 9.79 Å². The highest BCUT2D eigenvalue weighted by Gasteiger charge is 2.18. The molecular formula is C16H23FN4O. The Labute approximate surface area is 130 Å². The van der Waals surface area contributed by atoms with Crippen molar-refractivity contribution < 1.29 is 9.18 Å². The lowest BCUT2D eigenvalue weighted by Crippen LogP contribution is -2.47. The smallest absolute Gasteiger partial charge is 0.243 e. The molecule has 1 heterocycles. The van der Waals surface area contributed by atoms with Crippen molar-refractivity contribution in [2.24, 2.45) is 10.9 Å². The Morgan fingerprint density at radius 1 is 1.32 bits per heavy atom. The first-order valence-electron chi connectivity index (χ1n) is 7.59. The third kappa shape index (κ3) is 4.72. The monoisotopic (exact) mass is 306 g/mol. The second kappa shape index (κ2) is 7.77. The maximum absolute atomic E-state index is 12.8. The van der Waals surface area contributed by atoms with Crippen LogP contribution in [0, 0.1) is 11.7 Å². The van der Waals surface area contributed by atoms with Crippen LogP contribution in [0.2, 0.25) is 0 Å². The van der Waals surface area contributed by atoms with Crippen molar-refractivity contribution in [3.8, 4) is 0 Å². The fraction of sp³-hybridized carbons (Fsp3) is 0.500. The molecule has 0 radical (unpaired) electrons. The van der Waals surface area contributed by atoms with E-state index in [9.17, 15) is 9.18 Å². The number of guanidine groups is 1. The number of anilines is 1. The first kappa shape index (κ1) is 16.3. The van der Waals surface area contributed by atoms with Crippen molar-refractivity contribution >= 4 is 17.6 Å². The molecule has 1 fully saturated rings. The molecule has 1 aliphatic rings. The molecule has 1 aliphatic heterocycles. The predicted octanol–water partition coefficient (Wildman–Crippen LogP) is 2.07. The Morgan fingerprint density at radius 3 is 2.55 bits per heavy atom. The minimum absolute atomic E-state index is 0.135. The number of carbonyl (C=O) groups is 1. The van der Waals surface area contributed by atoms with Gasteiger partial charge in [0.2, 0.25) is 5.91 Å². The number of nitrogens with zero attached hydrogens (tertiary/aromatic N) is 2. The molecule has 120 valence electrons. The lowest BCUT2D eigenvalue weighted by molar-refractivity contribution is -0.115. The van der Waals surface area contributed by atoms with Gasteiger partial charge in [-0.25, -0.2) is 4.39 Å². The van der Waals surface area contributed by atoms with Crippen molar-refractivity contribution in [3.05, 3.63) is 30.1 Å². The van der Waals surface area contributed by atoms with Crippen molar-refractivity contribution in [1.29, 1.82) is 0 Å². The number of piperidine rings is 1. The Balaban J connectivity index is 1.80. The molecular weight excluding hydrogens is 283 g/mol. The summed E-state index contributed by atoms with van der Waals surface area (Å²) in [7, 11) is 1.72. The number of aliphatic imine (C=N–C) groups is 1. The zero-order valence-corrected chi connectivity index (χ0v) is 13.1. The van der Waals surface area contributed by atoms with Crippen LogP contribution >= 0.6 is 0 Å². The van der Waals surface area contributed by atoms with Gasteiger partial charge in [0.1, 0.15) is 5.82 Å². The van der Waals surface area contributed by atoms with Gasteiger partial charge in [0.05, 0.1) is 6.54 Å². The van der Waals surface area contributed by atoms with E-state index >= 15 is 0 Å². The predicted molar refractivity (Wildman–Crippen MR) is 86.4 cm³/mol. The molecule has 0 bridgehead atoms. The molecule has 0 atom stereocenters. The number of nitrogens with one attached hydrogen (secondary N) is 2. The summed E-state index contributed by atoms with van der Waals surface area (Å²) in [5, 5.41) is 5.79. The lowest BCUT2D eigenvalue weighted by Gasteiger charge is -2.32. The molecule has 0 saturated carbocycles. The Kier molecular flexibility index (Phi) is 5.75. The van der Waals surface area contributed by atoms with Gasteiger partial charge in [-0.2, -0.15) is 0 Å². The molecule has 1 saturated heterocycles. The van der Waals surface area contributed by atoms with E-state index in [0.717, 1.165) is 37.8 Å². The SMILES string of the molecule is CN=C(NCC(=O)Nc1ccc(F)cc1)N1CCC(C)CC1. The van der Waals surface area contributed by atoms with E-state index in [1.807, 2.05) is 0 Å². The van der Waals surface area contributed by atoms with Crippen LogP contribution in [0.1, 0.15) is 19.8 Å². The summed E-state index contributed by atoms with van der Waals surface area (Å²) in [5.74, 6) is 0.992. The van der Waals surface area contributed by atoms with Gasteiger partial charge in [0.15, 0.2) is 5.96 Å². The Hall–Kier alpha value is -2.11. The minimum Gasteiger partial charge on any atom is -0.347 e. The van der Waals surface area contributed by atoms with Gasteiger partial charge in [-0.15, -0.1) is 0 Å². The first-order valence-corrected chi connectivity index (χ1v) is 7.59. The van der Waals surface area contributed by atoms with Gasteiger partial charge in [-0.05, 0) is 43.0 Å². The van der Waals surface area contributed by atoms with Crippen molar-refractivity contribution in [1.82, 2.24) is 10.2 Å². The molecule has 0 aliphatic carbocycles. The number of halogens is 1. The van der Waals surface area contributed by atoms with Crippen LogP contribution in [-0.2, 0) is 4.79 Å². The molecule has 1 amide bonds. The third-order valence-corrected chi connectivity index (χ3v) is 3.83. The fourth-order valence-electron chi connectivity index (χ4n) is 2.45. The minimum atomic E-state index is -0.323. The second-order valence-corrected chi connectivity index (χ2v) is 5.63. The van der Waals surface area contributed by atoms with Crippen LogP contribution < -0.4 is 10.6 Å². The molecule has 1 aromatic carbocycles. The summed E-state index contributed by atoms with van der Waals surface area (Å²) in [6.07, 6.45) is 2.28. The quantitative estimate of drug-likeness (QED) is 0.664. The molecule has 0 aromatic heterocycles. The number of likely N-dealkylation sites (tertiary alicyclic amines) is 1. The zero-order chi connectivity index (χ0) is 15.9. The second-order valence-electron chi connectivity index (χ2n) is 5.63. The zero-order valence-electron chi connectivity index (χ0n) is 13.1. The summed E-state index contributed by atoms with van der Waals surface area (Å²) in [5.41, 5.74) is 0.579. The number of hydrogen-bond acceptors (Lipinski definition) is 2. The van der Waals surface area contributed by atoms with Crippen LogP contribution in [0.3, 0.4) is 0 Å². The van der Waals surface area contributed by atoms with E-state index < -0.39 is 0 Å². The van der Waals surface area contributed by atoms with Gasteiger partial charge in [-0.1, -0.05) is 6.92 Å². The summed E-state index contributed by atoms with van der Waals surface area (Å²) in [4.78, 5) is 18.3. The van der Waals surface area contributed by atoms with Gasteiger partial charge >= 0.3 is 0 Å². The number of amides is 1. The molecule has 6 heteroatoms. The van der Waals surface area contributed by atoms with Crippen LogP contribution in [0.4, 0.5) is 10.1 Å². The van der Waals surface area contributed by atoms with E-state index in [-0.39, 0.29) is 18.3 Å². The number of hydrogen-bond donors (Lipinski definition) is 2. The van der Waals surface area contributed by atoms with Gasteiger partial charge in [0, 0.05) is 25.8 Å². The van der Waals surface area contributed by atoms with E-state index in [1.54, 1.807) is 7.05 Å². The molecule has 2 N–H and O–H groups in total. The third-order valence-electron chi connectivity index (χ3n) is 3.83. The number of carbonyl (C=O) groups excluding carboxylic acids is 1. The average Bonchev–Trinajstić information content (AvgIpc) is 2.52. The van der Waals surface area contributed by atoms with Crippen LogP contribution in [0.5, 0.6) is 0 Å². The van der Waals surface area contributed by atoms with E-state index in [0.29, 0.717) is 5.69 Å². The highest BCUT2D eigenvalue weighted by atomic mass is 19.1. The van der Waals surface area contributed by atoms with Crippen molar-refractivity contribution in [2.45, 2.75) is 19.8 Å². The largest absolute Gasteiger partial charge is 0.347 e. The first-order chi connectivity index (χ1) is 10.6. The Bertz CT molecular complexity index is 521. The number of benzene rings is 1. The summed E-state index contributed by atoms with van der Waals surface area (Å²) in [6, 6.07) is 5.70. The normalized spacial score (nSPS) is 16.5. The average molecular weight is 306 g/mol. The van der Waals surface area contributed by atoms with Crippen molar-refractivity contribution in [2.75, 3.05) is 32.0 Å². The molecule has 2 rings (SSSR count). The van der Waals surface area contributed by atoms with Gasteiger partial charge < -0.3 is 15.5 Å². The molecule has 0 spiro atoms. The molecule has 5 nitrogen and oxygen atoms in total. The Morgan fingerprint density at radius 2 is 1.95 bits per heavy atom. The summed E-state index contributed by atoms with van der Waals surface area (Å²) < 4.78 is 12.8. The fourth-order valence-corrected chi connectivity index (χ4v) is 2.45. The molecule has 22 heavy (non-hydrogen) atoms. The number of rotatable bonds is 3. The summed E-state index contributed by atoms with van der Waals surface area (Å²) >= 11 is 0. The maximum Gasteiger partial charge on any atom is 0.243 e. The highest BCUT2D eigenvalue weighted by molar-refractivity contribution is 5.94.